The molecule has 1 aliphatic heterocycles. The Labute approximate surface area is 141 Å². The van der Waals surface area contributed by atoms with Crippen molar-refractivity contribution in [3.8, 4) is 0 Å². The average molecular weight is 327 g/mol. The van der Waals surface area contributed by atoms with Gasteiger partial charge < -0.3 is 15.5 Å². The molecule has 2 aromatic rings. The van der Waals surface area contributed by atoms with Gasteiger partial charge in [-0.1, -0.05) is 13.0 Å². The Balaban J connectivity index is 1.84. The summed E-state index contributed by atoms with van der Waals surface area (Å²) in [6, 6.07) is 11.9. The molecule has 1 saturated heterocycles. The molecule has 1 aliphatic rings. The van der Waals surface area contributed by atoms with Crippen LogP contribution in [-0.2, 0) is 6.42 Å². The zero-order valence-corrected chi connectivity index (χ0v) is 13.8. The highest BCUT2D eigenvalue weighted by atomic mass is 19.1. The van der Waals surface area contributed by atoms with Gasteiger partial charge in [-0.25, -0.2) is 4.39 Å². The molecule has 0 saturated carbocycles. The summed E-state index contributed by atoms with van der Waals surface area (Å²) in [6.07, 6.45) is 0.861. The lowest BCUT2D eigenvalue weighted by Crippen LogP contribution is -2.43. The van der Waals surface area contributed by atoms with Gasteiger partial charge in [0, 0.05) is 43.1 Å². The quantitative estimate of drug-likeness (QED) is 0.907. The van der Waals surface area contributed by atoms with Crippen molar-refractivity contribution in [3.05, 3.63) is 59.4 Å². The van der Waals surface area contributed by atoms with Gasteiger partial charge in [-0.3, -0.25) is 4.79 Å². The van der Waals surface area contributed by atoms with Crippen LogP contribution in [0.25, 0.3) is 0 Å². The highest BCUT2D eigenvalue weighted by Gasteiger charge is 2.15. The first-order valence-corrected chi connectivity index (χ1v) is 8.32. The predicted molar refractivity (Wildman–Crippen MR) is 95.3 cm³/mol. The summed E-state index contributed by atoms with van der Waals surface area (Å²) in [5.74, 6) is -0.580. The molecule has 0 aliphatic carbocycles. The van der Waals surface area contributed by atoms with Crippen molar-refractivity contribution in [3.63, 3.8) is 0 Å². The van der Waals surface area contributed by atoms with E-state index in [1.165, 1.54) is 12.1 Å². The van der Waals surface area contributed by atoms with Gasteiger partial charge in [0.1, 0.15) is 5.82 Å². The molecule has 126 valence electrons. The lowest BCUT2D eigenvalue weighted by molar-refractivity contribution is 0.102. The van der Waals surface area contributed by atoms with E-state index in [9.17, 15) is 9.18 Å². The maximum Gasteiger partial charge on any atom is 0.255 e. The number of piperazine rings is 1. The molecular formula is C19H22FN3O. The van der Waals surface area contributed by atoms with Crippen LogP contribution >= 0.6 is 0 Å². The number of anilines is 2. The van der Waals surface area contributed by atoms with Crippen LogP contribution in [0.2, 0.25) is 0 Å². The number of nitrogens with zero attached hydrogens (tertiary/aromatic N) is 1. The van der Waals surface area contributed by atoms with Crippen molar-refractivity contribution in [2.24, 2.45) is 0 Å². The molecule has 24 heavy (non-hydrogen) atoms. The molecule has 1 fully saturated rings. The van der Waals surface area contributed by atoms with E-state index in [1.54, 1.807) is 12.1 Å². The molecule has 3 rings (SSSR count). The number of nitrogens with one attached hydrogen (secondary N) is 2. The monoisotopic (exact) mass is 327 g/mol. The smallest absolute Gasteiger partial charge is 0.255 e. The number of benzene rings is 2. The number of carbonyl (C=O) groups excluding carboxylic acids is 1. The van der Waals surface area contributed by atoms with Crippen LogP contribution in [0.4, 0.5) is 15.8 Å². The van der Waals surface area contributed by atoms with Crippen molar-refractivity contribution in [1.82, 2.24) is 5.32 Å². The second-order valence-electron chi connectivity index (χ2n) is 5.94. The number of rotatable bonds is 4. The molecule has 0 atom stereocenters. The van der Waals surface area contributed by atoms with E-state index in [2.05, 4.69) is 28.5 Å². The maximum absolute atomic E-state index is 13.3. The van der Waals surface area contributed by atoms with Crippen LogP contribution in [-0.4, -0.2) is 32.1 Å². The molecule has 0 radical (unpaired) electrons. The Morgan fingerprint density at radius 2 is 2.00 bits per heavy atom. The summed E-state index contributed by atoms with van der Waals surface area (Å²) in [7, 11) is 0. The first-order chi connectivity index (χ1) is 11.7. The van der Waals surface area contributed by atoms with Crippen molar-refractivity contribution in [2.45, 2.75) is 13.3 Å². The number of aryl methyl sites for hydroxylation is 1. The van der Waals surface area contributed by atoms with Crippen molar-refractivity contribution in [1.29, 1.82) is 0 Å². The van der Waals surface area contributed by atoms with Gasteiger partial charge in [-0.2, -0.15) is 0 Å². The van der Waals surface area contributed by atoms with E-state index in [0.717, 1.165) is 43.9 Å². The Morgan fingerprint density at radius 3 is 2.71 bits per heavy atom. The Bertz CT molecular complexity index is 726. The molecule has 1 amide bonds. The highest BCUT2D eigenvalue weighted by molar-refractivity contribution is 6.05. The zero-order valence-electron chi connectivity index (χ0n) is 13.8. The van der Waals surface area contributed by atoms with Gasteiger partial charge in [-0.05, 0) is 48.4 Å². The van der Waals surface area contributed by atoms with Gasteiger partial charge in [0.25, 0.3) is 5.91 Å². The van der Waals surface area contributed by atoms with E-state index in [1.807, 2.05) is 12.1 Å². The lowest BCUT2D eigenvalue weighted by atomic mass is 10.1. The molecule has 0 spiro atoms. The minimum Gasteiger partial charge on any atom is -0.369 e. The van der Waals surface area contributed by atoms with Gasteiger partial charge in [0.05, 0.1) is 0 Å². The maximum atomic E-state index is 13.3. The highest BCUT2D eigenvalue weighted by Crippen LogP contribution is 2.21. The van der Waals surface area contributed by atoms with Crippen LogP contribution < -0.4 is 15.5 Å². The zero-order chi connectivity index (χ0) is 16.9. The molecule has 0 aromatic heterocycles. The minimum atomic E-state index is -0.364. The topological polar surface area (TPSA) is 44.4 Å². The van der Waals surface area contributed by atoms with Gasteiger partial charge in [0.15, 0.2) is 0 Å². The predicted octanol–water partition coefficient (Wildman–Crippen LogP) is 3.05. The van der Waals surface area contributed by atoms with Gasteiger partial charge >= 0.3 is 0 Å². The number of hydrogen-bond acceptors (Lipinski definition) is 3. The van der Waals surface area contributed by atoms with Crippen LogP contribution in [0, 0.1) is 5.82 Å². The van der Waals surface area contributed by atoms with E-state index in [4.69, 9.17) is 0 Å². The molecule has 5 heteroatoms. The van der Waals surface area contributed by atoms with E-state index >= 15 is 0 Å². The van der Waals surface area contributed by atoms with Crippen LogP contribution in [0.3, 0.4) is 0 Å². The Hall–Kier alpha value is -2.40. The largest absolute Gasteiger partial charge is 0.369 e. The SMILES string of the molecule is CCc1cc(C(=O)Nc2cccc(F)c2)cc(N2CCNCC2)c1. The first kappa shape index (κ1) is 16.5. The summed E-state index contributed by atoms with van der Waals surface area (Å²) < 4.78 is 13.3. The fraction of sp³-hybridized carbons (Fsp3) is 0.316. The number of carbonyl (C=O) groups is 1. The van der Waals surface area contributed by atoms with E-state index in [-0.39, 0.29) is 11.7 Å². The first-order valence-electron chi connectivity index (χ1n) is 8.32. The third kappa shape index (κ3) is 3.92. The molecule has 2 aromatic carbocycles. The van der Waals surface area contributed by atoms with Crippen molar-refractivity contribution >= 4 is 17.3 Å². The summed E-state index contributed by atoms with van der Waals surface area (Å²) in [6.45, 7) is 5.82. The molecule has 4 nitrogen and oxygen atoms in total. The molecule has 1 heterocycles. The average Bonchev–Trinajstić information content (AvgIpc) is 2.62. The third-order valence-corrected chi connectivity index (χ3v) is 4.21. The summed E-state index contributed by atoms with van der Waals surface area (Å²) in [4.78, 5) is 14.9. The van der Waals surface area contributed by atoms with E-state index < -0.39 is 0 Å². The fourth-order valence-electron chi connectivity index (χ4n) is 2.88. The second kappa shape index (κ2) is 7.45. The Morgan fingerprint density at radius 1 is 1.21 bits per heavy atom. The van der Waals surface area contributed by atoms with Crippen LogP contribution in [0.15, 0.2) is 42.5 Å². The molecule has 2 N–H and O–H groups in total. The molecule has 0 unspecified atom stereocenters. The molecular weight excluding hydrogens is 305 g/mol. The Kier molecular flexibility index (Phi) is 5.11. The third-order valence-electron chi connectivity index (χ3n) is 4.21. The normalized spacial score (nSPS) is 14.5. The standard InChI is InChI=1S/C19H22FN3O/c1-2-14-10-15(12-18(11-14)23-8-6-21-7-9-23)19(24)22-17-5-3-4-16(20)13-17/h3-5,10-13,21H,2,6-9H2,1H3,(H,22,24). The number of halogens is 1. The minimum absolute atomic E-state index is 0.215. The molecule has 0 bridgehead atoms. The summed E-state index contributed by atoms with van der Waals surface area (Å²) >= 11 is 0. The lowest BCUT2D eigenvalue weighted by Gasteiger charge is -2.30. The summed E-state index contributed by atoms with van der Waals surface area (Å²) in [5, 5.41) is 6.10. The van der Waals surface area contributed by atoms with Crippen molar-refractivity contribution in [2.75, 3.05) is 36.4 Å². The van der Waals surface area contributed by atoms with Gasteiger partial charge in [-0.15, -0.1) is 0 Å². The van der Waals surface area contributed by atoms with E-state index in [0.29, 0.717) is 11.3 Å². The second-order valence-corrected chi connectivity index (χ2v) is 5.94. The number of amides is 1. The van der Waals surface area contributed by atoms with Crippen LogP contribution in [0.5, 0.6) is 0 Å². The fourth-order valence-corrected chi connectivity index (χ4v) is 2.88. The number of hydrogen-bond donors (Lipinski definition) is 2. The van der Waals surface area contributed by atoms with Gasteiger partial charge in [0.2, 0.25) is 0 Å². The van der Waals surface area contributed by atoms with Crippen molar-refractivity contribution < 1.29 is 9.18 Å². The van der Waals surface area contributed by atoms with Crippen LogP contribution in [0.1, 0.15) is 22.8 Å². The summed E-state index contributed by atoms with van der Waals surface area (Å²) in [5.41, 5.74) is 3.26.